The molecule has 0 aromatic heterocycles. The third kappa shape index (κ3) is 49.0. The van der Waals surface area contributed by atoms with Gasteiger partial charge in [0.2, 0.25) is 0 Å². The fourth-order valence-electron chi connectivity index (χ4n) is 6.55. The number of carbonyl (C=O) groups is 3. The van der Waals surface area contributed by atoms with Crippen LogP contribution in [-0.4, -0.2) is 37.2 Å². The van der Waals surface area contributed by atoms with E-state index in [1.165, 1.54) is 77.0 Å². The van der Waals surface area contributed by atoms with E-state index >= 15 is 0 Å². The Balaban J connectivity index is 4.53. The normalized spacial score (nSPS) is 13.0. The van der Waals surface area contributed by atoms with Gasteiger partial charge in [0, 0.05) is 19.3 Å². The van der Waals surface area contributed by atoms with E-state index in [4.69, 9.17) is 14.2 Å². The van der Waals surface area contributed by atoms with Crippen LogP contribution in [0, 0.1) is 0 Å². The lowest BCUT2D eigenvalue weighted by Gasteiger charge is -2.18. The molecule has 356 valence electrons. The topological polar surface area (TPSA) is 78.9 Å². The van der Waals surface area contributed by atoms with Gasteiger partial charge < -0.3 is 14.2 Å². The molecular formula is C57H92O6. The summed E-state index contributed by atoms with van der Waals surface area (Å²) >= 11 is 0. The van der Waals surface area contributed by atoms with Crippen molar-refractivity contribution in [1.82, 2.24) is 0 Å². The van der Waals surface area contributed by atoms with Crippen LogP contribution in [0.5, 0.6) is 0 Å². The van der Waals surface area contributed by atoms with E-state index < -0.39 is 6.10 Å². The molecule has 0 heterocycles. The average Bonchev–Trinajstić information content (AvgIpc) is 3.28. The number of ether oxygens (including phenoxy) is 3. The van der Waals surface area contributed by atoms with E-state index in [2.05, 4.69) is 118 Å². The zero-order valence-electron chi connectivity index (χ0n) is 40.5. The van der Waals surface area contributed by atoms with Crippen LogP contribution >= 0.6 is 0 Å². The molecule has 0 spiro atoms. The van der Waals surface area contributed by atoms with Crippen molar-refractivity contribution in [2.45, 2.75) is 219 Å². The number of esters is 3. The van der Waals surface area contributed by atoms with Gasteiger partial charge in [0.1, 0.15) is 13.2 Å². The average molecular weight is 873 g/mol. The summed E-state index contributed by atoms with van der Waals surface area (Å²) in [6.07, 6.45) is 68.1. The molecule has 0 radical (unpaired) electrons. The summed E-state index contributed by atoms with van der Waals surface area (Å²) < 4.78 is 16.6. The van der Waals surface area contributed by atoms with Crippen LogP contribution in [0.1, 0.15) is 213 Å². The number of rotatable bonds is 44. The van der Waals surface area contributed by atoms with E-state index in [1.54, 1.807) is 0 Å². The minimum absolute atomic E-state index is 0.128. The standard InChI is InChI=1S/C57H92O6/c1-4-7-10-13-16-19-22-24-26-27-28-29-31-32-35-38-41-44-47-50-56(59)62-53-54(52-61-55(58)49-46-43-40-37-34-21-18-15-12-9-6-3)63-57(60)51-48-45-42-39-36-33-30-25-23-20-17-14-11-8-5-2/h7,9-10,12,16,18-19,21,24,26,28-29,32,35,37,40-41,44,54H,4-6,8,11,13-15,17,20,22-23,25,27,30-31,33-34,36,38-39,42-43,45-53H2,1-3H3/b10-7-,12-9-,19-16-,21-18-,26-24-,29-28-,35-32-,40-37-,44-41-. The van der Waals surface area contributed by atoms with Crippen molar-refractivity contribution in [3.8, 4) is 0 Å². The molecule has 63 heavy (non-hydrogen) atoms. The molecule has 0 aromatic rings. The van der Waals surface area contributed by atoms with Gasteiger partial charge in [-0.15, -0.1) is 0 Å². The highest BCUT2D eigenvalue weighted by molar-refractivity contribution is 5.71. The molecule has 0 saturated heterocycles. The van der Waals surface area contributed by atoms with Gasteiger partial charge in [-0.25, -0.2) is 0 Å². The Kier molecular flexibility index (Phi) is 47.5. The first kappa shape index (κ1) is 59.1. The van der Waals surface area contributed by atoms with Crippen LogP contribution in [0.15, 0.2) is 109 Å². The molecule has 0 N–H and O–H groups in total. The van der Waals surface area contributed by atoms with Gasteiger partial charge >= 0.3 is 17.9 Å². The fraction of sp³-hybridized carbons (Fsp3) is 0.632. The Morgan fingerprint density at radius 2 is 0.651 bits per heavy atom. The van der Waals surface area contributed by atoms with Crippen LogP contribution in [0.4, 0.5) is 0 Å². The van der Waals surface area contributed by atoms with Crippen molar-refractivity contribution >= 4 is 17.9 Å². The number of hydrogen-bond donors (Lipinski definition) is 0. The van der Waals surface area contributed by atoms with Crippen molar-refractivity contribution in [3.05, 3.63) is 109 Å². The number of unbranched alkanes of at least 4 members (excludes halogenated alkanes) is 15. The van der Waals surface area contributed by atoms with E-state index in [1.807, 2.05) is 12.2 Å². The van der Waals surface area contributed by atoms with Crippen molar-refractivity contribution in [2.75, 3.05) is 13.2 Å². The number of hydrogen-bond acceptors (Lipinski definition) is 6. The second-order valence-corrected chi connectivity index (χ2v) is 16.3. The van der Waals surface area contributed by atoms with Crippen molar-refractivity contribution in [1.29, 1.82) is 0 Å². The molecule has 0 saturated carbocycles. The van der Waals surface area contributed by atoms with Gasteiger partial charge in [-0.2, -0.15) is 0 Å². The highest BCUT2D eigenvalue weighted by atomic mass is 16.6. The van der Waals surface area contributed by atoms with Gasteiger partial charge in [0.05, 0.1) is 0 Å². The summed E-state index contributed by atoms with van der Waals surface area (Å²) in [5.41, 5.74) is 0. The Morgan fingerprint density at radius 1 is 0.333 bits per heavy atom. The first-order chi connectivity index (χ1) is 31.0. The fourth-order valence-corrected chi connectivity index (χ4v) is 6.55. The molecule has 1 unspecified atom stereocenters. The van der Waals surface area contributed by atoms with Crippen molar-refractivity contribution in [3.63, 3.8) is 0 Å². The van der Waals surface area contributed by atoms with E-state index in [0.29, 0.717) is 19.3 Å². The predicted molar refractivity (Wildman–Crippen MR) is 270 cm³/mol. The second-order valence-electron chi connectivity index (χ2n) is 16.3. The van der Waals surface area contributed by atoms with E-state index in [0.717, 1.165) is 83.5 Å². The smallest absolute Gasteiger partial charge is 0.306 e. The molecule has 0 aliphatic carbocycles. The first-order valence-electron chi connectivity index (χ1n) is 25.4. The van der Waals surface area contributed by atoms with Crippen LogP contribution < -0.4 is 0 Å². The molecule has 0 bridgehead atoms. The maximum Gasteiger partial charge on any atom is 0.306 e. The zero-order chi connectivity index (χ0) is 45.8. The van der Waals surface area contributed by atoms with Gasteiger partial charge in [0.15, 0.2) is 6.10 Å². The SMILES string of the molecule is CC/C=C\C/C=C\C/C=C\C/C=C\C/C=C\C/C=C\CCC(=O)OCC(COC(=O)CCC/C=C\C/C=C\C/C=C\CC)OC(=O)CCCCCCCCCCCCCCCCC. The lowest BCUT2D eigenvalue weighted by atomic mass is 10.0. The largest absolute Gasteiger partial charge is 0.462 e. The Labute approximate surface area is 387 Å². The van der Waals surface area contributed by atoms with Gasteiger partial charge in [-0.3, -0.25) is 14.4 Å². The van der Waals surface area contributed by atoms with E-state index in [9.17, 15) is 14.4 Å². The van der Waals surface area contributed by atoms with E-state index in [-0.39, 0.29) is 44.0 Å². The molecule has 0 aliphatic rings. The van der Waals surface area contributed by atoms with Crippen molar-refractivity contribution in [2.24, 2.45) is 0 Å². The molecule has 6 nitrogen and oxygen atoms in total. The number of carbonyl (C=O) groups excluding carboxylic acids is 3. The Bertz CT molecular complexity index is 1330. The summed E-state index contributed by atoms with van der Waals surface area (Å²) in [5, 5.41) is 0. The van der Waals surface area contributed by atoms with Gasteiger partial charge in [-0.1, -0.05) is 220 Å². The molecule has 0 amide bonds. The minimum atomic E-state index is -0.827. The highest BCUT2D eigenvalue weighted by Gasteiger charge is 2.19. The molecule has 0 aliphatic heterocycles. The Hall–Kier alpha value is -3.93. The third-order valence-electron chi connectivity index (χ3n) is 10.3. The summed E-state index contributed by atoms with van der Waals surface area (Å²) in [7, 11) is 0. The molecule has 1 atom stereocenters. The maximum absolute atomic E-state index is 12.8. The summed E-state index contributed by atoms with van der Waals surface area (Å²) in [5.74, 6) is -1.07. The monoisotopic (exact) mass is 873 g/mol. The van der Waals surface area contributed by atoms with Crippen LogP contribution in [-0.2, 0) is 28.6 Å². The van der Waals surface area contributed by atoms with Crippen molar-refractivity contribution < 1.29 is 28.6 Å². The van der Waals surface area contributed by atoms with Crippen LogP contribution in [0.3, 0.4) is 0 Å². The van der Waals surface area contributed by atoms with Crippen LogP contribution in [0.25, 0.3) is 0 Å². The lowest BCUT2D eigenvalue weighted by Crippen LogP contribution is -2.30. The molecular weight excluding hydrogens is 781 g/mol. The van der Waals surface area contributed by atoms with Crippen LogP contribution in [0.2, 0.25) is 0 Å². The lowest BCUT2D eigenvalue weighted by molar-refractivity contribution is -0.166. The highest BCUT2D eigenvalue weighted by Crippen LogP contribution is 2.14. The summed E-state index contributed by atoms with van der Waals surface area (Å²) in [4.78, 5) is 37.9. The molecule has 0 aromatic carbocycles. The summed E-state index contributed by atoms with van der Waals surface area (Å²) in [6, 6.07) is 0. The summed E-state index contributed by atoms with van der Waals surface area (Å²) in [6.45, 7) is 6.28. The predicted octanol–water partition coefficient (Wildman–Crippen LogP) is 16.8. The maximum atomic E-state index is 12.8. The molecule has 0 rings (SSSR count). The third-order valence-corrected chi connectivity index (χ3v) is 10.3. The molecule has 0 fully saturated rings. The second kappa shape index (κ2) is 50.7. The first-order valence-corrected chi connectivity index (χ1v) is 25.4. The minimum Gasteiger partial charge on any atom is -0.462 e. The Morgan fingerprint density at radius 3 is 1.05 bits per heavy atom. The van der Waals surface area contributed by atoms with Gasteiger partial charge in [-0.05, 0) is 83.5 Å². The zero-order valence-corrected chi connectivity index (χ0v) is 40.5. The van der Waals surface area contributed by atoms with Gasteiger partial charge in [0.25, 0.3) is 0 Å². The number of allylic oxidation sites excluding steroid dienone is 18. The molecule has 6 heteroatoms. The quantitative estimate of drug-likeness (QED) is 0.0263.